The number of Topliss-reactive ketones (excluding diaryl/α,β-unsaturated/α-hetero) is 1. The molecule has 0 aliphatic heterocycles. The summed E-state index contributed by atoms with van der Waals surface area (Å²) in [6.07, 6.45) is 0. The lowest BCUT2D eigenvalue weighted by Crippen LogP contribution is -2.25. The summed E-state index contributed by atoms with van der Waals surface area (Å²) in [6, 6.07) is 10.2. The van der Waals surface area contributed by atoms with Crippen molar-refractivity contribution in [2.45, 2.75) is 13.5 Å². The quantitative estimate of drug-likeness (QED) is 0.764. The lowest BCUT2D eigenvalue weighted by molar-refractivity contribution is 0.0946. The van der Waals surface area contributed by atoms with E-state index in [2.05, 4.69) is 39.9 Å². The Bertz CT molecular complexity index is 579. The Kier molecular flexibility index (Phi) is 4.91. The van der Waals surface area contributed by atoms with Crippen molar-refractivity contribution >= 4 is 33.0 Å². The molecule has 0 spiro atoms. The zero-order chi connectivity index (χ0) is 13.8. The lowest BCUT2D eigenvalue weighted by Gasteiger charge is -2.17. The minimum atomic E-state index is 0.165. The second kappa shape index (κ2) is 6.46. The van der Waals surface area contributed by atoms with E-state index in [1.807, 2.05) is 30.6 Å². The van der Waals surface area contributed by atoms with E-state index < -0.39 is 0 Å². The van der Waals surface area contributed by atoms with Crippen molar-refractivity contribution in [2.75, 3.05) is 13.6 Å². The van der Waals surface area contributed by atoms with Crippen molar-refractivity contribution in [3.05, 3.63) is 56.2 Å². The predicted molar refractivity (Wildman–Crippen MR) is 83.9 cm³/mol. The van der Waals surface area contributed by atoms with Crippen LogP contribution < -0.4 is 0 Å². The second-order valence-electron chi connectivity index (χ2n) is 4.62. The highest BCUT2D eigenvalue weighted by Crippen LogP contribution is 2.23. The van der Waals surface area contributed by atoms with Gasteiger partial charge in [0.2, 0.25) is 0 Å². The first-order chi connectivity index (χ1) is 9.08. The highest BCUT2D eigenvalue weighted by atomic mass is 79.9. The average Bonchev–Trinajstić information content (AvgIpc) is 2.78. The smallest absolute Gasteiger partial charge is 0.187 e. The topological polar surface area (TPSA) is 20.3 Å². The first-order valence-electron chi connectivity index (χ1n) is 6.07. The lowest BCUT2D eigenvalue weighted by atomic mass is 10.1. The van der Waals surface area contributed by atoms with E-state index in [4.69, 9.17) is 0 Å². The van der Waals surface area contributed by atoms with Crippen LogP contribution in [0.1, 0.15) is 20.8 Å². The molecule has 0 radical (unpaired) electrons. The first-order valence-corrected chi connectivity index (χ1v) is 7.74. The fourth-order valence-electron chi connectivity index (χ4n) is 1.94. The molecule has 1 heterocycles. The SMILES string of the molecule is Cc1ccccc1CN(C)CC(=O)c1sccc1Br. The van der Waals surface area contributed by atoms with Gasteiger partial charge in [0.15, 0.2) is 5.78 Å². The third-order valence-corrected chi connectivity index (χ3v) is 4.86. The summed E-state index contributed by atoms with van der Waals surface area (Å²) >= 11 is 4.89. The molecule has 19 heavy (non-hydrogen) atoms. The molecule has 0 aliphatic rings. The fraction of sp³-hybridized carbons (Fsp3) is 0.267. The van der Waals surface area contributed by atoms with Gasteiger partial charge in [-0.1, -0.05) is 24.3 Å². The van der Waals surface area contributed by atoms with Gasteiger partial charge in [-0.3, -0.25) is 9.69 Å². The van der Waals surface area contributed by atoms with Crippen molar-refractivity contribution in [3.63, 3.8) is 0 Å². The van der Waals surface area contributed by atoms with Crippen LogP contribution >= 0.6 is 27.3 Å². The molecule has 0 unspecified atom stereocenters. The fourth-order valence-corrected chi connectivity index (χ4v) is 3.47. The van der Waals surface area contributed by atoms with Crippen LogP contribution in [0.25, 0.3) is 0 Å². The Hall–Kier alpha value is -0.970. The van der Waals surface area contributed by atoms with Gasteiger partial charge in [0.25, 0.3) is 0 Å². The van der Waals surface area contributed by atoms with Crippen LogP contribution in [-0.4, -0.2) is 24.3 Å². The molecule has 1 aromatic heterocycles. The summed E-state index contributed by atoms with van der Waals surface area (Å²) in [5.74, 6) is 0.165. The highest BCUT2D eigenvalue weighted by Gasteiger charge is 2.14. The van der Waals surface area contributed by atoms with E-state index in [9.17, 15) is 4.79 Å². The number of hydrogen-bond donors (Lipinski definition) is 0. The Morgan fingerprint density at radius 1 is 1.32 bits per heavy atom. The number of benzene rings is 1. The number of aryl methyl sites for hydroxylation is 1. The van der Waals surface area contributed by atoms with E-state index in [1.165, 1.54) is 22.5 Å². The molecule has 0 saturated heterocycles. The standard InChI is InChI=1S/C15H16BrNOS/c1-11-5-3-4-6-12(11)9-17(2)10-14(18)15-13(16)7-8-19-15/h3-8H,9-10H2,1-2H3. The third kappa shape index (κ3) is 3.75. The van der Waals surface area contributed by atoms with Crippen molar-refractivity contribution < 1.29 is 4.79 Å². The third-order valence-electron chi connectivity index (χ3n) is 2.99. The summed E-state index contributed by atoms with van der Waals surface area (Å²) in [5, 5.41) is 1.93. The molecular formula is C15H16BrNOS. The van der Waals surface area contributed by atoms with E-state index >= 15 is 0 Å². The zero-order valence-corrected chi connectivity index (χ0v) is 13.4. The molecule has 0 aliphatic carbocycles. The molecule has 2 nitrogen and oxygen atoms in total. The maximum absolute atomic E-state index is 12.2. The van der Waals surface area contributed by atoms with Crippen LogP contribution in [0.4, 0.5) is 0 Å². The minimum absolute atomic E-state index is 0.165. The Morgan fingerprint density at radius 2 is 2.05 bits per heavy atom. The Morgan fingerprint density at radius 3 is 2.68 bits per heavy atom. The van der Waals surface area contributed by atoms with Gasteiger partial charge in [0.1, 0.15) is 0 Å². The number of thiophene rings is 1. The number of ketones is 1. The molecule has 2 aromatic rings. The zero-order valence-electron chi connectivity index (χ0n) is 11.0. The van der Waals surface area contributed by atoms with E-state index in [0.717, 1.165) is 15.9 Å². The molecule has 0 N–H and O–H groups in total. The van der Waals surface area contributed by atoms with Gasteiger partial charge in [-0.25, -0.2) is 0 Å². The number of halogens is 1. The van der Waals surface area contributed by atoms with Crippen LogP contribution in [-0.2, 0) is 6.54 Å². The molecule has 4 heteroatoms. The first kappa shape index (κ1) is 14.4. The van der Waals surface area contributed by atoms with Gasteiger partial charge >= 0.3 is 0 Å². The Labute approximate surface area is 126 Å². The summed E-state index contributed by atoms with van der Waals surface area (Å²) < 4.78 is 0.895. The molecule has 1 aromatic carbocycles. The van der Waals surface area contributed by atoms with E-state index in [1.54, 1.807) is 0 Å². The van der Waals surface area contributed by atoms with Crippen LogP contribution in [0.5, 0.6) is 0 Å². The molecule has 100 valence electrons. The molecule has 0 atom stereocenters. The second-order valence-corrected chi connectivity index (χ2v) is 6.39. The number of carbonyl (C=O) groups excluding carboxylic acids is 1. The number of likely N-dealkylation sites (N-methyl/N-ethyl adjacent to an activating group) is 1. The van der Waals surface area contributed by atoms with Gasteiger partial charge < -0.3 is 0 Å². The molecular weight excluding hydrogens is 322 g/mol. The van der Waals surface area contributed by atoms with E-state index in [0.29, 0.717) is 6.54 Å². The molecule has 0 amide bonds. The van der Waals surface area contributed by atoms with Gasteiger partial charge in [0, 0.05) is 11.0 Å². The number of nitrogens with zero attached hydrogens (tertiary/aromatic N) is 1. The molecule has 0 bridgehead atoms. The van der Waals surface area contributed by atoms with Gasteiger partial charge in [0.05, 0.1) is 11.4 Å². The maximum Gasteiger partial charge on any atom is 0.187 e. The minimum Gasteiger partial charge on any atom is -0.295 e. The summed E-state index contributed by atoms with van der Waals surface area (Å²) in [6.45, 7) is 3.33. The summed E-state index contributed by atoms with van der Waals surface area (Å²) in [7, 11) is 1.98. The normalized spacial score (nSPS) is 10.9. The summed E-state index contributed by atoms with van der Waals surface area (Å²) in [5.41, 5.74) is 2.53. The van der Waals surface area contributed by atoms with Gasteiger partial charge in [-0.15, -0.1) is 11.3 Å². The predicted octanol–water partition coefficient (Wildman–Crippen LogP) is 4.13. The van der Waals surface area contributed by atoms with Crippen molar-refractivity contribution in [1.29, 1.82) is 0 Å². The van der Waals surface area contributed by atoms with Crippen LogP contribution in [0.2, 0.25) is 0 Å². The van der Waals surface area contributed by atoms with Gasteiger partial charge in [-0.2, -0.15) is 0 Å². The van der Waals surface area contributed by atoms with Crippen LogP contribution in [0, 0.1) is 6.92 Å². The van der Waals surface area contributed by atoms with Gasteiger partial charge in [-0.05, 0) is 52.5 Å². The number of rotatable bonds is 5. The Balaban J connectivity index is 1.99. The number of hydrogen-bond acceptors (Lipinski definition) is 3. The largest absolute Gasteiger partial charge is 0.295 e. The van der Waals surface area contributed by atoms with Crippen LogP contribution in [0.3, 0.4) is 0 Å². The molecule has 2 rings (SSSR count). The van der Waals surface area contributed by atoms with Crippen LogP contribution in [0.15, 0.2) is 40.2 Å². The number of carbonyl (C=O) groups is 1. The maximum atomic E-state index is 12.2. The highest BCUT2D eigenvalue weighted by molar-refractivity contribution is 9.10. The van der Waals surface area contributed by atoms with Crippen molar-refractivity contribution in [1.82, 2.24) is 4.90 Å². The molecule has 0 saturated carbocycles. The average molecular weight is 338 g/mol. The van der Waals surface area contributed by atoms with E-state index in [-0.39, 0.29) is 5.78 Å². The molecule has 0 fully saturated rings. The monoisotopic (exact) mass is 337 g/mol. The summed E-state index contributed by atoms with van der Waals surface area (Å²) in [4.78, 5) is 15.0. The van der Waals surface area contributed by atoms with Crippen molar-refractivity contribution in [2.24, 2.45) is 0 Å². The van der Waals surface area contributed by atoms with Crippen molar-refractivity contribution in [3.8, 4) is 0 Å².